The molecule has 27 heavy (non-hydrogen) atoms. The smallest absolute Gasteiger partial charge is 0.265 e. The van der Waals surface area contributed by atoms with E-state index in [1.807, 2.05) is 55.5 Å². The number of rotatable bonds is 7. The molecule has 0 atom stereocenters. The lowest BCUT2D eigenvalue weighted by molar-refractivity contribution is -0.130. The maximum atomic E-state index is 12.4. The van der Waals surface area contributed by atoms with Crippen molar-refractivity contribution in [2.75, 3.05) is 38.3 Å². The van der Waals surface area contributed by atoms with Gasteiger partial charge in [0.15, 0.2) is 6.61 Å². The zero-order valence-corrected chi connectivity index (χ0v) is 15.7. The number of amides is 2. The summed E-state index contributed by atoms with van der Waals surface area (Å²) in [5.74, 6) is 1.31. The second kappa shape index (κ2) is 8.58. The van der Waals surface area contributed by atoms with Gasteiger partial charge in [0.1, 0.15) is 18.1 Å². The summed E-state index contributed by atoms with van der Waals surface area (Å²) < 4.78 is 11.1. The summed E-state index contributed by atoms with van der Waals surface area (Å²) in [7, 11) is 1.75. The molecule has 6 nitrogen and oxygen atoms in total. The molecule has 2 amide bonds. The van der Waals surface area contributed by atoms with Crippen LogP contribution < -0.4 is 14.4 Å². The Labute approximate surface area is 159 Å². The van der Waals surface area contributed by atoms with E-state index in [9.17, 15) is 9.59 Å². The first kappa shape index (κ1) is 18.8. The zero-order chi connectivity index (χ0) is 19.2. The number of anilines is 1. The van der Waals surface area contributed by atoms with Crippen molar-refractivity contribution in [3.05, 3.63) is 54.1 Å². The lowest BCUT2D eigenvalue weighted by atomic mass is 10.2. The Kier molecular flexibility index (Phi) is 5.96. The van der Waals surface area contributed by atoms with Crippen LogP contribution in [0.2, 0.25) is 0 Å². The Morgan fingerprint density at radius 2 is 2.04 bits per heavy atom. The number of carbonyl (C=O) groups excluding carboxylic acids is 2. The molecule has 1 aliphatic heterocycles. The number of nitrogens with zero attached hydrogens (tertiary/aromatic N) is 2. The number of hydrogen-bond acceptors (Lipinski definition) is 4. The highest BCUT2D eigenvalue weighted by atomic mass is 16.5. The number of benzene rings is 2. The number of carbonyl (C=O) groups is 2. The molecule has 1 heterocycles. The first-order valence-electron chi connectivity index (χ1n) is 9.00. The van der Waals surface area contributed by atoms with E-state index in [4.69, 9.17) is 9.47 Å². The van der Waals surface area contributed by atoms with Crippen LogP contribution in [0.4, 0.5) is 5.69 Å². The third-order valence-electron chi connectivity index (χ3n) is 4.47. The van der Waals surface area contributed by atoms with Crippen LogP contribution in [0.5, 0.6) is 11.5 Å². The Morgan fingerprint density at radius 3 is 2.85 bits per heavy atom. The first-order chi connectivity index (χ1) is 13.0. The van der Waals surface area contributed by atoms with Crippen LogP contribution in [0, 0.1) is 6.92 Å². The van der Waals surface area contributed by atoms with Crippen LogP contribution in [-0.2, 0) is 9.59 Å². The molecule has 0 spiro atoms. The fourth-order valence-electron chi connectivity index (χ4n) is 2.93. The van der Waals surface area contributed by atoms with Crippen LogP contribution in [0.3, 0.4) is 0 Å². The molecule has 0 bridgehead atoms. The van der Waals surface area contributed by atoms with E-state index in [0.29, 0.717) is 31.1 Å². The highest BCUT2D eigenvalue weighted by molar-refractivity contribution is 5.98. The average Bonchev–Trinajstić information content (AvgIpc) is 2.67. The van der Waals surface area contributed by atoms with Crippen LogP contribution >= 0.6 is 0 Å². The molecule has 0 saturated heterocycles. The quantitative estimate of drug-likeness (QED) is 0.754. The Bertz CT molecular complexity index is 821. The fraction of sp³-hybridized carbons (Fsp3) is 0.333. The number of ether oxygens (including phenoxy) is 2. The van der Waals surface area contributed by atoms with Gasteiger partial charge in [-0.2, -0.15) is 0 Å². The van der Waals surface area contributed by atoms with E-state index < -0.39 is 0 Å². The normalized spacial score (nSPS) is 13.0. The minimum Gasteiger partial charge on any atom is -0.492 e. The zero-order valence-electron chi connectivity index (χ0n) is 15.7. The molecule has 0 unspecified atom stereocenters. The molecular weight excluding hydrogens is 344 g/mol. The van der Waals surface area contributed by atoms with Gasteiger partial charge in [0.05, 0.1) is 12.2 Å². The minimum atomic E-state index is -0.132. The summed E-state index contributed by atoms with van der Waals surface area (Å²) in [6.07, 6.45) is 0.251. The van der Waals surface area contributed by atoms with Crippen molar-refractivity contribution in [2.24, 2.45) is 0 Å². The van der Waals surface area contributed by atoms with E-state index in [1.54, 1.807) is 16.8 Å². The maximum Gasteiger partial charge on any atom is 0.265 e. The number of hydrogen-bond donors (Lipinski definition) is 0. The van der Waals surface area contributed by atoms with Crippen molar-refractivity contribution in [1.29, 1.82) is 0 Å². The maximum absolute atomic E-state index is 12.4. The number of likely N-dealkylation sites (N-methyl/N-ethyl adjacent to an activating group) is 1. The van der Waals surface area contributed by atoms with Crippen molar-refractivity contribution in [2.45, 2.75) is 13.3 Å². The molecular formula is C21H24N2O4. The lowest BCUT2D eigenvalue weighted by Crippen LogP contribution is -2.41. The fourth-order valence-corrected chi connectivity index (χ4v) is 2.93. The highest BCUT2D eigenvalue weighted by Gasteiger charge is 2.25. The number of aryl methyl sites for hydroxylation is 1. The van der Waals surface area contributed by atoms with Crippen molar-refractivity contribution < 1.29 is 19.1 Å². The predicted octanol–water partition coefficient (Wildman–Crippen LogP) is 2.65. The van der Waals surface area contributed by atoms with Crippen LogP contribution in [0.15, 0.2) is 48.5 Å². The predicted molar refractivity (Wildman–Crippen MR) is 103 cm³/mol. The van der Waals surface area contributed by atoms with Gasteiger partial charge >= 0.3 is 0 Å². The average molecular weight is 368 g/mol. The van der Waals surface area contributed by atoms with Gasteiger partial charge in [0.25, 0.3) is 5.91 Å². The van der Waals surface area contributed by atoms with E-state index >= 15 is 0 Å². The third-order valence-corrected chi connectivity index (χ3v) is 4.47. The Morgan fingerprint density at radius 1 is 1.22 bits per heavy atom. The molecule has 3 rings (SSSR count). The summed E-state index contributed by atoms with van der Waals surface area (Å²) in [4.78, 5) is 27.8. The Balaban J connectivity index is 1.48. The van der Waals surface area contributed by atoms with E-state index in [1.165, 1.54) is 0 Å². The second-order valence-corrected chi connectivity index (χ2v) is 6.53. The van der Waals surface area contributed by atoms with Gasteiger partial charge in [-0.25, -0.2) is 0 Å². The topological polar surface area (TPSA) is 59.1 Å². The van der Waals surface area contributed by atoms with E-state index in [0.717, 1.165) is 11.3 Å². The highest BCUT2D eigenvalue weighted by Crippen LogP contribution is 2.31. The SMILES string of the molecule is Cc1cccc(OCCN(C)C(=O)CCN2C(=O)COc3ccccc32)c1. The second-order valence-electron chi connectivity index (χ2n) is 6.53. The van der Waals surface area contributed by atoms with Gasteiger partial charge in [-0.3, -0.25) is 9.59 Å². The summed E-state index contributed by atoms with van der Waals surface area (Å²) in [6.45, 7) is 3.26. The molecule has 6 heteroatoms. The number of fused-ring (bicyclic) bond motifs is 1. The van der Waals surface area contributed by atoms with Crippen molar-refractivity contribution >= 4 is 17.5 Å². The molecule has 0 aromatic heterocycles. The largest absolute Gasteiger partial charge is 0.492 e. The van der Waals surface area contributed by atoms with Crippen LogP contribution in [0.1, 0.15) is 12.0 Å². The molecule has 0 saturated carbocycles. The van der Waals surface area contributed by atoms with Crippen molar-refractivity contribution in [1.82, 2.24) is 4.90 Å². The lowest BCUT2D eigenvalue weighted by Gasteiger charge is -2.29. The molecule has 2 aromatic rings. The van der Waals surface area contributed by atoms with Gasteiger partial charge in [-0.1, -0.05) is 24.3 Å². The molecule has 0 radical (unpaired) electrons. The molecule has 1 aliphatic rings. The Hall–Kier alpha value is -3.02. The van der Waals surface area contributed by atoms with Gasteiger partial charge < -0.3 is 19.3 Å². The summed E-state index contributed by atoms with van der Waals surface area (Å²) in [6, 6.07) is 15.2. The standard InChI is InChI=1S/C21H24N2O4/c1-16-6-5-7-17(14-16)26-13-12-22(2)20(24)10-11-23-18-8-3-4-9-19(18)27-15-21(23)25/h3-9,14H,10-13,15H2,1-2H3. The van der Waals surface area contributed by atoms with E-state index in [2.05, 4.69) is 0 Å². The minimum absolute atomic E-state index is 0.00533. The van der Waals surface area contributed by atoms with Crippen molar-refractivity contribution in [3.8, 4) is 11.5 Å². The first-order valence-corrected chi connectivity index (χ1v) is 9.00. The monoisotopic (exact) mass is 368 g/mol. The van der Waals surface area contributed by atoms with Crippen LogP contribution in [-0.4, -0.2) is 50.1 Å². The van der Waals surface area contributed by atoms with E-state index in [-0.39, 0.29) is 24.8 Å². The molecule has 0 N–H and O–H groups in total. The summed E-state index contributed by atoms with van der Waals surface area (Å²) in [5.41, 5.74) is 1.85. The van der Waals surface area contributed by atoms with Gasteiger partial charge in [-0.05, 0) is 36.8 Å². The van der Waals surface area contributed by atoms with Crippen molar-refractivity contribution in [3.63, 3.8) is 0 Å². The van der Waals surface area contributed by atoms with Gasteiger partial charge in [0, 0.05) is 20.0 Å². The molecule has 2 aromatic carbocycles. The molecule has 0 fully saturated rings. The van der Waals surface area contributed by atoms with Gasteiger partial charge in [-0.15, -0.1) is 0 Å². The molecule has 0 aliphatic carbocycles. The summed E-state index contributed by atoms with van der Waals surface area (Å²) in [5, 5.41) is 0. The van der Waals surface area contributed by atoms with Gasteiger partial charge in [0.2, 0.25) is 5.91 Å². The summed E-state index contributed by atoms with van der Waals surface area (Å²) >= 11 is 0. The molecule has 142 valence electrons. The van der Waals surface area contributed by atoms with Crippen LogP contribution in [0.25, 0.3) is 0 Å². The third kappa shape index (κ3) is 4.78. The number of para-hydroxylation sites is 2.